The van der Waals surface area contributed by atoms with Crippen LogP contribution in [0.3, 0.4) is 0 Å². The molecular formula is C41H57NO7. The van der Waals surface area contributed by atoms with Crippen molar-refractivity contribution in [3.63, 3.8) is 0 Å². The summed E-state index contributed by atoms with van der Waals surface area (Å²) in [7, 11) is 2.13. The van der Waals surface area contributed by atoms with Gasteiger partial charge in [0, 0.05) is 50.6 Å². The minimum atomic E-state index is -1.11. The van der Waals surface area contributed by atoms with Crippen LogP contribution in [0.2, 0.25) is 0 Å². The lowest BCUT2D eigenvalue weighted by molar-refractivity contribution is -0.182. The average molecular weight is 676 g/mol. The number of anilines is 1. The second-order valence-electron chi connectivity index (χ2n) is 16.1. The van der Waals surface area contributed by atoms with E-state index in [1.54, 1.807) is 6.92 Å². The number of hydrogen-bond acceptors (Lipinski definition) is 8. The Bertz CT molecular complexity index is 1480. The molecule has 0 heterocycles. The highest BCUT2D eigenvalue weighted by Gasteiger charge is 2.67. The van der Waals surface area contributed by atoms with E-state index in [0.717, 1.165) is 70.0 Å². The van der Waals surface area contributed by atoms with E-state index in [1.807, 2.05) is 26.8 Å². The second kappa shape index (κ2) is 14.9. The van der Waals surface area contributed by atoms with E-state index in [2.05, 4.69) is 43.1 Å². The van der Waals surface area contributed by atoms with Crippen molar-refractivity contribution in [2.24, 2.45) is 17.3 Å². The Labute approximate surface area is 293 Å². The van der Waals surface area contributed by atoms with Gasteiger partial charge in [0.2, 0.25) is 0 Å². The third kappa shape index (κ3) is 7.90. The van der Waals surface area contributed by atoms with Crippen molar-refractivity contribution in [1.29, 1.82) is 0 Å². The first-order chi connectivity index (χ1) is 23.1. The first-order valence-corrected chi connectivity index (χ1v) is 18.4. The van der Waals surface area contributed by atoms with E-state index in [1.165, 1.54) is 29.2 Å². The van der Waals surface area contributed by atoms with Gasteiger partial charge in [-0.2, -0.15) is 0 Å². The zero-order chi connectivity index (χ0) is 35.6. The van der Waals surface area contributed by atoms with Gasteiger partial charge in [-0.1, -0.05) is 37.5 Å². The van der Waals surface area contributed by atoms with E-state index in [0.29, 0.717) is 25.4 Å². The first kappa shape index (κ1) is 37.0. The van der Waals surface area contributed by atoms with Crippen LogP contribution in [-0.2, 0) is 33.4 Å². The van der Waals surface area contributed by atoms with Crippen LogP contribution in [0.5, 0.6) is 0 Å². The summed E-state index contributed by atoms with van der Waals surface area (Å²) >= 11 is 0. The number of rotatable bonds is 13. The molecule has 2 fully saturated rings. The van der Waals surface area contributed by atoms with Gasteiger partial charge in [-0.25, -0.2) is 4.79 Å². The molecule has 8 heteroatoms. The molecule has 0 aromatic heterocycles. The van der Waals surface area contributed by atoms with Crippen molar-refractivity contribution < 1.29 is 33.4 Å². The molecule has 0 spiro atoms. The van der Waals surface area contributed by atoms with Gasteiger partial charge < -0.3 is 19.1 Å². The van der Waals surface area contributed by atoms with Crippen LogP contribution in [0.4, 0.5) is 5.69 Å². The Hall–Kier alpha value is -3.26. The molecule has 5 rings (SSSR count). The number of hydrogen-bond donors (Lipinski definition) is 0. The summed E-state index contributed by atoms with van der Waals surface area (Å²) in [5, 5.41) is 0. The van der Waals surface area contributed by atoms with Crippen LogP contribution in [0.15, 0.2) is 47.1 Å². The topological polar surface area (TPSA) is 99.2 Å². The van der Waals surface area contributed by atoms with Crippen LogP contribution in [0.25, 0.3) is 0 Å². The fourth-order valence-electron chi connectivity index (χ4n) is 9.53. The van der Waals surface area contributed by atoms with E-state index in [4.69, 9.17) is 14.2 Å². The van der Waals surface area contributed by atoms with Gasteiger partial charge in [0.25, 0.3) is 0 Å². The van der Waals surface area contributed by atoms with Gasteiger partial charge in [0.15, 0.2) is 17.2 Å². The molecule has 0 N–H and O–H groups in total. The Morgan fingerprint density at radius 2 is 1.67 bits per heavy atom. The third-order valence-corrected chi connectivity index (χ3v) is 11.6. The number of esters is 2. The van der Waals surface area contributed by atoms with Crippen LogP contribution in [0, 0.1) is 17.3 Å². The highest BCUT2D eigenvalue weighted by molar-refractivity contribution is 5.93. The molecule has 1 aromatic carbocycles. The minimum absolute atomic E-state index is 0.00271. The summed E-state index contributed by atoms with van der Waals surface area (Å²) in [5.41, 5.74) is 4.33. The molecule has 268 valence electrons. The molecule has 0 aliphatic heterocycles. The SMILES string of the molecule is CC(=O)O[C@]1(C(C)=O)CC[C@H]2C3CCC4=CC(=O)CCC4=C3[C@@H](c3ccc(N(C)CCCCCCOCC(=O)OC(C)(C)C)cc3)C[C@@]21C. The summed E-state index contributed by atoms with van der Waals surface area (Å²) in [5.74, 6) is 0.0859. The molecule has 1 unspecified atom stereocenters. The molecule has 4 aliphatic rings. The van der Waals surface area contributed by atoms with Gasteiger partial charge in [-0.05, 0) is 126 Å². The monoisotopic (exact) mass is 675 g/mol. The van der Waals surface area contributed by atoms with Crippen molar-refractivity contribution in [1.82, 2.24) is 0 Å². The summed E-state index contributed by atoms with van der Waals surface area (Å²) in [6.45, 7) is 12.3. The van der Waals surface area contributed by atoms with Gasteiger partial charge in [0.05, 0.1) is 0 Å². The number of benzene rings is 1. The van der Waals surface area contributed by atoms with Crippen LogP contribution < -0.4 is 4.90 Å². The van der Waals surface area contributed by atoms with E-state index in [-0.39, 0.29) is 36.0 Å². The molecule has 49 heavy (non-hydrogen) atoms. The van der Waals surface area contributed by atoms with E-state index in [9.17, 15) is 19.2 Å². The lowest BCUT2D eigenvalue weighted by Gasteiger charge is -2.55. The van der Waals surface area contributed by atoms with Gasteiger partial charge in [0.1, 0.15) is 12.2 Å². The van der Waals surface area contributed by atoms with Crippen LogP contribution in [0.1, 0.15) is 124 Å². The number of carbonyl (C=O) groups excluding carboxylic acids is 4. The Balaban J connectivity index is 1.27. The number of allylic oxidation sites excluding steroid dienone is 4. The predicted octanol–water partition coefficient (Wildman–Crippen LogP) is 7.83. The van der Waals surface area contributed by atoms with Gasteiger partial charge in [-0.3, -0.25) is 14.4 Å². The average Bonchev–Trinajstić information content (AvgIpc) is 3.32. The molecular weight excluding hydrogens is 618 g/mol. The van der Waals surface area contributed by atoms with E-state index < -0.39 is 22.6 Å². The summed E-state index contributed by atoms with van der Waals surface area (Å²) in [6, 6.07) is 8.90. The molecule has 4 aliphatic carbocycles. The maximum absolute atomic E-state index is 13.4. The zero-order valence-electron chi connectivity index (χ0n) is 30.8. The Kier molecular flexibility index (Phi) is 11.3. The first-order valence-electron chi connectivity index (χ1n) is 18.4. The third-order valence-electron chi connectivity index (χ3n) is 11.6. The normalized spacial score (nSPS) is 27.9. The zero-order valence-corrected chi connectivity index (χ0v) is 30.8. The van der Waals surface area contributed by atoms with Crippen molar-refractivity contribution in [2.75, 3.05) is 31.7 Å². The van der Waals surface area contributed by atoms with Crippen molar-refractivity contribution in [3.05, 3.63) is 52.6 Å². The standard InChI is InChI=1S/C41H57NO7/c1-27(43)41(48-28(2)44)21-20-36-34-18-14-30-24-32(45)17-19-33(30)38(34)35(25-40(36,41)6)29-12-15-31(16-13-29)42(7)22-10-8-9-11-23-47-26-37(46)49-39(3,4)5/h12-13,15-16,24,34-36H,8-11,14,17-23,25-26H2,1-7H3/t34?,35-,36+,40+,41+/m1/s1. The van der Waals surface area contributed by atoms with Crippen molar-refractivity contribution in [3.8, 4) is 0 Å². The molecule has 2 saturated carbocycles. The molecule has 5 atom stereocenters. The number of ketones is 2. The smallest absolute Gasteiger partial charge is 0.332 e. The summed E-state index contributed by atoms with van der Waals surface area (Å²) in [6.07, 6.45) is 11.3. The number of Topliss-reactive ketones (excluding diaryl/α,β-unsaturated/α-hetero) is 1. The fraction of sp³-hybridized carbons (Fsp3) is 0.659. The van der Waals surface area contributed by atoms with Gasteiger partial charge >= 0.3 is 11.9 Å². The molecule has 8 nitrogen and oxygen atoms in total. The van der Waals surface area contributed by atoms with Crippen LogP contribution >= 0.6 is 0 Å². The van der Waals surface area contributed by atoms with Gasteiger partial charge in [-0.15, -0.1) is 0 Å². The van der Waals surface area contributed by atoms with E-state index >= 15 is 0 Å². The molecule has 1 aromatic rings. The highest BCUT2D eigenvalue weighted by atomic mass is 16.6. The Morgan fingerprint density at radius 1 is 0.959 bits per heavy atom. The minimum Gasteiger partial charge on any atom is -0.458 e. The predicted molar refractivity (Wildman–Crippen MR) is 190 cm³/mol. The maximum Gasteiger partial charge on any atom is 0.332 e. The maximum atomic E-state index is 13.4. The molecule has 0 bridgehead atoms. The Morgan fingerprint density at radius 3 is 2.35 bits per heavy atom. The quantitative estimate of drug-likeness (QED) is 0.154. The molecule has 0 radical (unpaired) electrons. The summed E-state index contributed by atoms with van der Waals surface area (Å²) in [4.78, 5) is 52.4. The molecule has 0 saturated heterocycles. The number of carbonyl (C=O) groups is 4. The van der Waals surface area contributed by atoms with Crippen LogP contribution in [-0.4, -0.2) is 61.5 Å². The number of fused-ring (bicyclic) bond motifs is 4. The fourth-order valence-corrected chi connectivity index (χ4v) is 9.53. The molecule has 0 amide bonds. The number of nitrogens with zero attached hydrogens (tertiary/aromatic N) is 1. The summed E-state index contributed by atoms with van der Waals surface area (Å²) < 4.78 is 16.8. The lowest BCUT2D eigenvalue weighted by atomic mass is 9.50. The lowest BCUT2D eigenvalue weighted by Crippen LogP contribution is -2.57. The largest absolute Gasteiger partial charge is 0.458 e. The number of ether oxygens (including phenoxy) is 3. The number of unbranched alkanes of at least 4 members (excludes halogenated alkanes) is 3. The highest BCUT2D eigenvalue weighted by Crippen LogP contribution is 2.67. The second-order valence-corrected chi connectivity index (χ2v) is 16.1. The van der Waals surface area contributed by atoms with Crippen molar-refractivity contribution in [2.45, 2.75) is 129 Å². The van der Waals surface area contributed by atoms with Crippen molar-refractivity contribution >= 4 is 29.2 Å².